The Hall–Kier alpha value is -1.49. The average molecular weight is 243 g/mol. The van der Waals surface area contributed by atoms with Crippen molar-refractivity contribution in [1.29, 1.82) is 0 Å². The number of benzene rings is 1. The summed E-state index contributed by atoms with van der Waals surface area (Å²) >= 11 is 0. The highest BCUT2D eigenvalue weighted by Crippen LogP contribution is 2.18. The first-order valence-electron chi connectivity index (χ1n) is 5.33. The summed E-state index contributed by atoms with van der Waals surface area (Å²) in [5.74, 6) is -2.16. The summed E-state index contributed by atoms with van der Waals surface area (Å²) in [7, 11) is 1.29. The van der Waals surface area contributed by atoms with Gasteiger partial charge in [-0.1, -0.05) is 13.0 Å². The Morgan fingerprint density at radius 2 is 2.12 bits per heavy atom. The Bertz CT molecular complexity index is 396. The third kappa shape index (κ3) is 3.78. The Labute approximate surface area is 98.8 Å². The van der Waals surface area contributed by atoms with Crippen LogP contribution in [-0.4, -0.2) is 19.6 Å². The van der Waals surface area contributed by atoms with Crippen LogP contribution >= 0.6 is 0 Å². The zero-order valence-electron chi connectivity index (χ0n) is 9.80. The molecule has 0 spiro atoms. The number of halogens is 2. The number of carbonyl (C=O) groups excluding carboxylic acids is 1. The molecule has 1 rings (SSSR count). The van der Waals surface area contributed by atoms with Gasteiger partial charge < -0.3 is 10.1 Å². The van der Waals surface area contributed by atoms with E-state index in [9.17, 15) is 13.6 Å². The van der Waals surface area contributed by atoms with E-state index < -0.39 is 17.6 Å². The van der Waals surface area contributed by atoms with Crippen LogP contribution in [0.5, 0.6) is 0 Å². The third-order valence-corrected chi connectivity index (χ3v) is 2.47. The van der Waals surface area contributed by atoms with Crippen molar-refractivity contribution in [1.82, 2.24) is 5.32 Å². The average Bonchev–Trinajstić information content (AvgIpc) is 2.33. The van der Waals surface area contributed by atoms with Crippen molar-refractivity contribution in [2.45, 2.75) is 19.4 Å². The van der Waals surface area contributed by atoms with Gasteiger partial charge in [0.25, 0.3) is 0 Å². The lowest BCUT2D eigenvalue weighted by Gasteiger charge is -2.16. The number of ether oxygens (including phenoxy) is 1. The monoisotopic (exact) mass is 243 g/mol. The smallest absolute Gasteiger partial charge is 0.319 e. The quantitative estimate of drug-likeness (QED) is 0.805. The van der Waals surface area contributed by atoms with E-state index in [0.29, 0.717) is 12.0 Å². The predicted octanol–water partition coefficient (Wildman–Crippen LogP) is 2.18. The van der Waals surface area contributed by atoms with E-state index in [0.717, 1.165) is 12.1 Å². The highest BCUT2D eigenvalue weighted by atomic mass is 19.2. The van der Waals surface area contributed by atoms with Crippen molar-refractivity contribution in [3.05, 3.63) is 35.4 Å². The molecule has 1 unspecified atom stereocenters. The molecule has 1 atom stereocenters. The lowest BCUT2D eigenvalue weighted by molar-refractivity contribution is -0.139. The van der Waals surface area contributed by atoms with Gasteiger partial charge in [0.15, 0.2) is 11.6 Å². The van der Waals surface area contributed by atoms with Gasteiger partial charge in [0.05, 0.1) is 13.7 Å². The molecule has 0 heterocycles. The summed E-state index contributed by atoms with van der Waals surface area (Å²) in [4.78, 5) is 11.0. The van der Waals surface area contributed by atoms with Crippen LogP contribution in [-0.2, 0) is 9.53 Å². The van der Waals surface area contributed by atoms with Crippen LogP contribution in [0.25, 0.3) is 0 Å². The minimum absolute atomic E-state index is 0.0357. The van der Waals surface area contributed by atoms with Gasteiger partial charge in [-0.05, 0) is 24.1 Å². The summed E-state index contributed by atoms with van der Waals surface area (Å²) in [5, 5.41) is 2.92. The molecule has 0 bridgehead atoms. The molecule has 1 aromatic carbocycles. The third-order valence-electron chi connectivity index (χ3n) is 2.47. The fourth-order valence-corrected chi connectivity index (χ4v) is 1.51. The molecule has 0 radical (unpaired) electrons. The minimum Gasteiger partial charge on any atom is -0.468 e. The van der Waals surface area contributed by atoms with Crippen molar-refractivity contribution < 1.29 is 18.3 Å². The fourth-order valence-electron chi connectivity index (χ4n) is 1.51. The number of methoxy groups -OCH3 is 1. The molecule has 1 N–H and O–H groups in total. The van der Waals surface area contributed by atoms with Crippen LogP contribution in [0.4, 0.5) is 8.78 Å². The van der Waals surface area contributed by atoms with E-state index in [4.69, 9.17) is 0 Å². The molecular formula is C12H15F2NO2. The molecule has 0 aromatic heterocycles. The molecule has 1 aromatic rings. The zero-order chi connectivity index (χ0) is 12.8. The molecule has 0 aliphatic heterocycles. The molecule has 0 saturated carbocycles. The Kier molecular flexibility index (Phi) is 5.03. The van der Waals surface area contributed by atoms with Crippen molar-refractivity contribution in [2.24, 2.45) is 0 Å². The topological polar surface area (TPSA) is 38.3 Å². The van der Waals surface area contributed by atoms with E-state index in [1.807, 2.05) is 6.92 Å². The van der Waals surface area contributed by atoms with Gasteiger partial charge in [-0.2, -0.15) is 0 Å². The number of nitrogens with one attached hydrogen (secondary N) is 1. The number of rotatable bonds is 5. The molecule has 5 heteroatoms. The fraction of sp³-hybridized carbons (Fsp3) is 0.417. The second-order valence-corrected chi connectivity index (χ2v) is 3.59. The summed E-state index contributed by atoms with van der Waals surface area (Å²) < 4.78 is 30.3. The zero-order valence-corrected chi connectivity index (χ0v) is 9.80. The lowest BCUT2D eigenvalue weighted by atomic mass is 10.0. The van der Waals surface area contributed by atoms with Crippen molar-refractivity contribution in [3.63, 3.8) is 0 Å². The maximum atomic E-state index is 13.0. The highest BCUT2D eigenvalue weighted by Gasteiger charge is 2.13. The van der Waals surface area contributed by atoms with Crippen LogP contribution in [0.2, 0.25) is 0 Å². The van der Waals surface area contributed by atoms with E-state index in [2.05, 4.69) is 10.1 Å². The summed E-state index contributed by atoms with van der Waals surface area (Å²) in [6.45, 7) is 1.92. The van der Waals surface area contributed by atoms with Crippen molar-refractivity contribution in [2.75, 3.05) is 13.7 Å². The lowest BCUT2D eigenvalue weighted by Crippen LogP contribution is -2.28. The maximum absolute atomic E-state index is 13.0. The number of carbonyl (C=O) groups is 1. The normalized spacial score (nSPS) is 12.2. The maximum Gasteiger partial charge on any atom is 0.319 e. The summed E-state index contributed by atoms with van der Waals surface area (Å²) in [6.07, 6.45) is 0.655. The van der Waals surface area contributed by atoms with Crippen LogP contribution in [0.15, 0.2) is 18.2 Å². The molecule has 17 heavy (non-hydrogen) atoms. The summed E-state index contributed by atoms with van der Waals surface area (Å²) in [6, 6.07) is 3.50. The molecule has 0 saturated heterocycles. The van der Waals surface area contributed by atoms with Crippen LogP contribution in [0.3, 0.4) is 0 Å². The standard InChI is InChI=1S/C12H15F2NO2/c1-3-11(15-7-12(16)17-2)8-4-5-9(13)10(14)6-8/h4-6,11,15H,3,7H2,1-2H3. The predicted molar refractivity (Wildman–Crippen MR) is 59.4 cm³/mol. The first-order chi connectivity index (χ1) is 8.08. The highest BCUT2D eigenvalue weighted by molar-refractivity contribution is 5.71. The molecule has 0 aliphatic rings. The molecule has 0 aliphatic carbocycles. The largest absolute Gasteiger partial charge is 0.468 e. The Morgan fingerprint density at radius 1 is 1.41 bits per heavy atom. The molecule has 0 fully saturated rings. The molecule has 3 nitrogen and oxygen atoms in total. The van der Waals surface area contributed by atoms with Crippen LogP contribution < -0.4 is 5.32 Å². The van der Waals surface area contributed by atoms with Gasteiger partial charge in [-0.15, -0.1) is 0 Å². The van der Waals surface area contributed by atoms with E-state index in [-0.39, 0.29) is 12.6 Å². The van der Waals surface area contributed by atoms with Gasteiger partial charge in [0.1, 0.15) is 0 Å². The minimum atomic E-state index is -0.888. The van der Waals surface area contributed by atoms with E-state index >= 15 is 0 Å². The second kappa shape index (κ2) is 6.30. The van der Waals surface area contributed by atoms with Crippen LogP contribution in [0, 0.1) is 11.6 Å². The number of hydrogen-bond donors (Lipinski definition) is 1. The first-order valence-corrected chi connectivity index (χ1v) is 5.33. The Morgan fingerprint density at radius 3 is 2.65 bits per heavy atom. The second-order valence-electron chi connectivity index (χ2n) is 3.59. The van der Waals surface area contributed by atoms with Gasteiger partial charge in [0, 0.05) is 6.04 Å². The van der Waals surface area contributed by atoms with Gasteiger partial charge in [0.2, 0.25) is 0 Å². The molecular weight excluding hydrogens is 228 g/mol. The Balaban J connectivity index is 2.72. The van der Waals surface area contributed by atoms with Gasteiger partial charge >= 0.3 is 5.97 Å². The SMILES string of the molecule is CCC(NCC(=O)OC)c1ccc(F)c(F)c1. The summed E-state index contributed by atoms with van der Waals surface area (Å²) in [5.41, 5.74) is 0.607. The molecule has 0 amide bonds. The first kappa shape index (κ1) is 13.6. The van der Waals surface area contributed by atoms with Crippen molar-refractivity contribution in [3.8, 4) is 0 Å². The number of hydrogen-bond acceptors (Lipinski definition) is 3. The van der Waals surface area contributed by atoms with Gasteiger partial charge in [-0.3, -0.25) is 4.79 Å². The molecule has 94 valence electrons. The van der Waals surface area contributed by atoms with E-state index in [1.54, 1.807) is 0 Å². The number of esters is 1. The van der Waals surface area contributed by atoms with Gasteiger partial charge in [-0.25, -0.2) is 8.78 Å². The van der Waals surface area contributed by atoms with Crippen molar-refractivity contribution >= 4 is 5.97 Å². The van der Waals surface area contributed by atoms with E-state index in [1.165, 1.54) is 13.2 Å². The van der Waals surface area contributed by atoms with Crippen LogP contribution in [0.1, 0.15) is 24.9 Å².